The van der Waals surface area contributed by atoms with E-state index < -0.39 is 5.91 Å². The third-order valence-corrected chi connectivity index (χ3v) is 6.12. The number of rotatable bonds is 6. The second-order valence-electron chi connectivity index (χ2n) is 6.83. The molecule has 0 fully saturated rings. The van der Waals surface area contributed by atoms with E-state index in [2.05, 4.69) is 22.2 Å². The Morgan fingerprint density at radius 2 is 1.81 bits per heavy atom. The van der Waals surface area contributed by atoms with E-state index in [0.717, 1.165) is 26.7 Å². The molecule has 0 saturated heterocycles. The number of thioether (sulfide) groups is 1. The fraction of sp³-hybridized carbons (Fsp3) is 0.130. The Kier molecular flexibility index (Phi) is 6.29. The summed E-state index contributed by atoms with van der Waals surface area (Å²) in [5.41, 5.74) is 3.38. The summed E-state index contributed by atoms with van der Waals surface area (Å²) in [5.74, 6) is 0.592. The summed E-state index contributed by atoms with van der Waals surface area (Å²) in [4.78, 5) is 37.1. The van der Waals surface area contributed by atoms with Gasteiger partial charge < -0.3 is 10.3 Å². The summed E-state index contributed by atoms with van der Waals surface area (Å²) >= 11 is 3.18. The first-order valence-electron chi connectivity index (χ1n) is 9.57. The average Bonchev–Trinajstić information content (AvgIpc) is 3.16. The van der Waals surface area contributed by atoms with Gasteiger partial charge in [0, 0.05) is 27.8 Å². The van der Waals surface area contributed by atoms with Gasteiger partial charge in [0.15, 0.2) is 0 Å². The van der Waals surface area contributed by atoms with Crippen molar-refractivity contribution in [2.75, 3.05) is 11.6 Å². The molecule has 0 bridgehead atoms. The van der Waals surface area contributed by atoms with Crippen LogP contribution in [0.3, 0.4) is 0 Å². The molecule has 8 heteroatoms. The van der Waals surface area contributed by atoms with Crippen LogP contribution in [0.4, 0.5) is 5.69 Å². The first-order chi connectivity index (χ1) is 15.0. The molecule has 0 aliphatic rings. The van der Waals surface area contributed by atoms with Crippen LogP contribution in [-0.4, -0.2) is 27.1 Å². The molecule has 4 rings (SSSR count). The van der Waals surface area contributed by atoms with Gasteiger partial charge in [-0.2, -0.15) is 11.8 Å². The minimum absolute atomic E-state index is 0.0970. The number of hydrogen-bond acceptors (Lipinski definition) is 6. The zero-order valence-corrected chi connectivity index (χ0v) is 18.6. The van der Waals surface area contributed by atoms with E-state index in [-0.39, 0.29) is 11.3 Å². The van der Waals surface area contributed by atoms with Crippen LogP contribution in [0.2, 0.25) is 0 Å². The number of aromatic amines is 1. The highest BCUT2D eigenvalue weighted by molar-refractivity contribution is 7.97. The third kappa shape index (κ3) is 4.92. The molecule has 6 nitrogen and oxygen atoms in total. The predicted octanol–water partition coefficient (Wildman–Crippen LogP) is 4.98. The number of amides is 1. The predicted molar refractivity (Wildman–Crippen MR) is 128 cm³/mol. The highest BCUT2D eigenvalue weighted by atomic mass is 32.2. The zero-order valence-electron chi connectivity index (χ0n) is 17.0. The highest BCUT2D eigenvalue weighted by Gasteiger charge is 2.13. The number of carbonyl (C=O) groups is 1. The second-order valence-corrected chi connectivity index (χ2v) is 8.90. The number of anilines is 1. The van der Waals surface area contributed by atoms with Gasteiger partial charge in [-0.3, -0.25) is 9.59 Å². The summed E-state index contributed by atoms with van der Waals surface area (Å²) in [6.45, 7) is 2.06. The van der Waals surface area contributed by atoms with Gasteiger partial charge in [-0.15, -0.1) is 11.3 Å². The number of benzene rings is 2. The molecule has 4 aromatic rings. The van der Waals surface area contributed by atoms with Crippen LogP contribution in [0.25, 0.3) is 21.8 Å². The van der Waals surface area contributed by atoms with Crippen molar-refractivity contribution in [3.05, 3.63) is 87.4 Å². The van der Waals surface area contributed by atoms with Crippen molar-refractivity contribution in [1.82, 2.24) is 15.0 Å². The number of nitrogens with zero attached hydrogens (tertiary/aromatic N) is 2. The van der Waals surface area contributed by atoms with E-state index in [0.29, 0.717) is 17.3 Å². The Hall–Kier alpha value is -3.23. The molecule has 2 N–H and O–H groups in total. The number of aromatic nitrogens is 3. The number of thiazole rings is 1. The molecule has 0 spiro atoms. The van der Waals surface area contributed by atoms with Crippen molar-refractivity contribution in [3.8, 4) is 21.8 Å². The van der Waals surface area contributed by atoms with Crippen LogP contribution in [0, 0.1) is 6.92 Å². The largest absolute Gasteiger partial charge is 0.321 e. The molecule has 0 atom stereocenters. The molecule has 2 heterocycles. The highest BCUT2D eigenvalue weighted by Crippen LogP contribution is 2.33. The minimum atomic E-state index is -0.419. The quantitative estimate of drug-likeness (QED) is 0.434. The lowest BCUT2D eigenvalue weighted by molar-refractivity contribution is 0.102. The SMILES string of the molecule is CSCc1nc(C(=O)Nc2ccc(-c3nc(-c4ccccc4)sc3C)cc2)cc(=O)[nH]1. The molecule has 0 unspecified atom stereocenters. The van der Waals surface area contributed by atoms with Crippen molar-refractivity contribution >= 4 is 34.7 Å². The summed E-state index contributed by atoms with van der Waals surface area (Å²) in [6.07, 6.45) is 1.90. The van der Waals surface area contributed by atoms with Gasteiger partial charge in [0.25, 0.3) is 11.5 Å². The van der Waals surface area contributed by atoms with E-state index >= 15 is 0 Å². The minimum Gasteiger partial charge on any atom is -0.321 e. The first-order valence-corrected chi connectivity index (χ1v) is 11.8. The van der Waals surface area contributed by atoms with Crippen molar-refractivity contribution in [3.63, 3.8) is 0 Å². The second kappa shape index (κ2) is 9.28. The van der Waals surface area contributed by atoms with Crippen LogP contribution in [0.15, 0.2) is 65.5 Å². The van der Waals surface area contributed by atoms with Gasteiger partial charge >= 0.3 is 0 Å². The van der Waals surface area contributed by atoms with Crippen molar-refractivity contribution in [1.29, 1.82) is 0 Å². The summed E-state index contributed by atoms with van der Waals surface area (Å²) in [7, 11) is 0. The Morgan fingerprint density at radius 1 is 1.06 bits per heavy atom. The van der Waals surface area contributed by atoms with Gasteiger partial charge in [0.2, 0.25) is 0 Å². The Balaban J connectivity index is 1.52. The molecular weight excluding hydrogens is 428 g/mol. The monoisotopic (exact) mass is 448 g/mol. The summed E-state index contributed by atoms with van der Waals surface area (Å²) < 4.78 is 0. The third-order valence-electron chi connectivity index (χ3n) is 4.54. The van der Waals surface area contributed by atoms with Crippen molar-refractivity contribution in [2.45, 2.75) is 12.7 Å². The van der Waals surface area contributed by atoms with Crippen LogP contribution in [0.5, 0.6) is 0 Å². The number of carbonyl (C=O) groups excluding carboxylic acids is 1. The fourth-order valence-electron chi connectivity index (χ4n) is 3.10. The zero-order chi connectivity index (χ0) is 21.8. The lowest BCUT2D eigenvalue weighted by Crippen LogP contribution is -2.20. The molecule has 0 saturated carbocycles. The normalized spacial score (nSPS) is 10.8. The first kappa shape index (κ1) is 21.0. The topological polar surface area (TPSA) is 87.7 Å². The molecule has 0 aliphatic carbocycles. The van der Waals surface area contributed by atoms with Gasteiger partial charge in [-0.1, -0.05) is 42.5 Å². The Morgan fingerprint density at radius 3 is 2.52 bits per heavy atom. The van der Waals surface area contributed by atoms with Gasteiger partial charge in [0.1, 0.15) is 16.5 Å². The van der Waals surface area contributed by atoms with Gasteiger partial charge in [-0.05, 0) is 25.3 Å². The van der Waals surface area contributed by atoms with Crippen LogP contribution in [-0.2, 0) is 5.75 Å². The summed E-state index contributed by atoms with van der Waals surface area (Å²) in [5, 5.41) is 3.78. The van der Waals surface area contributed by atoms with E-state index in [4.69, 9.17) is 4.98 Å². The maximum atomic E-state index is 12.5. The number of nitrogens with one attached hydrogen (secondary N) is 2. The molecule has 0 radical (unpaired) electrons. The molecule has 0 aliphatic heterocycles. The molecule has 31 heavy (non-hydrogen) atoms. The van der Waals surface area contributed by atoms with Crippen LogP contribution in [0.1, 0.15) is 21.2 Å². The Bertz CT molecular complexity index is 1260. The molecule has 1 amide bonds. The standard InChI is InChI=1S/C23H20N4O2S2/c1-14-21(27-23(31-14)16-6-4-3-5-7-16)15-8-10-17(11-9-15)24-22(29)18-12-20(28)26-19(25-18)13-30-2/h3-12H,13H2,1-2H3,(H,24,29)(H,25,26,28). The smallest absolute Gasteiger partial charge is 0.274 e. The average molecular weight is 449 g/mol. The fourth-order valence-corrected chi connectivity index (χ4v) is 4.46. The van der Waals surface area contributed by atoms with Gasteiger partial charge in [-0.25, -0.2) is 9.97 Å². The van der Waals surface area contributed by atoms with E-state index in [1.165, 1.54) is 17.8 Å². The molecule has 2 aromatic carbocycles. The van der Waals surface area contributed by atoms with Crippen LogP contribution >= 0.6 is 23.1 Å². The van der Waals surface area contributed by atoms with E-state index in [1.807, 2.05) is 60.9 Å². The molecule has 2 aromatic heterocycles. The van der Waals surface area contributed by atoms with Crippen molar-refractivity contribution in [2.24, 2.45) is 0 Å². The lowest BCUT2D eigenvalue weighted by atomic mass is 10.1. The van der Waals surface area contributed by atoms with Gasteiger partial charge in [0.05, 0.1) is 11.4 Å². The van der Waals surface area contributed by atoms with Crippen molar-refractivity contribution < 1.29 is 4.79 Å². The van der Waals surface area contributed by atoms with E-state index in [9.17, 15) is 9.59 Å². The number of H-pyrrole nitrogens is 1. The number of hydrogen-bond donors (Lipinski definition) is 2. The Labute approximate surface area is 187 Å². The maximum Gasteiger partial charge on any atom is 0.274 e. The number of aryl methyl sites for hydroxylation is 1. The summed E-state index contributed by atoms with van der Waals surface area (Å²) in [6, 6.07) is 18.8. The van der Waals surface area contributed by atoms with E-state index in [1.54, 1.807) is 11.3 Å². The molecule has 156 valence electrons. The lowest BCUT2D eigenvalue weighted by Gasteiger charge is -2.07. The van der Waals surface area contributed by atoms with Crippen LogP contribution < -0.4 is 10.9 Å². The molecular formula is C23H20N4O2S2. The maximum absolute atomic E-state index is 12.5.